The van der Waals surface area contributed by atoms with Crippen molar-refractivity contribution in [1.82, 2.24) is 0 Å². The number of aliphatic hydroxyl groups excluding tert-OH is 2. The molecule has 2 rings (SSSR count). The molecule has 0 saturated heterocycles. The van der Waals surface area contributed by atoms with Crippen LogP contribution >= 0.6 is 0 Å². The SMILES string of the molecule is Cc1cc2c(c(C)c1CCO)CC(C)(C)C2O. The Hall–Kier alpha value is -0.860. The van der Waals surface area contributed by atoms with Crippen molar-refractivity contribution < 1.29 is 10.2 Å². The molecule has 1 unspecified atom stereocenters. The average molecular weight is 234 g/mol. The van der Waals surface area contributed by atoms with Gasteiger partial charge in [-0.15, -0.1) is 0 Å². The summed E-state index contributed by atoms with van der Waals surface area (Å²) in [6.07, 6.45) is 1.27. The van der Waals surface area contributed by atoms with Crippen molar-refractivity contribution in [1.29, 1.82) is 0 Å². The molecular weight excluding hydrogens is 212 g/mol. The van der Waals surface area contributed by atoms with Gasteiger partial charge in [-0.1, -0.05) is 19.9 Å². The third kappa shape index (κ3) is 1.90. The number of benzene rings is 1. The van der Waals surface area contributed by atoms with Crippen LogP contribution in [0.25, 0.3) is 0 Å². The van der Waals surface area contributed by atoms with Crippen molar-refractivity contribution in [3.05, 3.63) is 33.9 Å². The Kier molecular flexibility index (Phi) is 3.04. The third-order valence-electron chi connectivity index (χ3n) is 4.13. The quantitative estimate of drug-likeness (QED) is 0.825. The van der Waals surface area contributed by atoms with Crippen molar-refractivity contribution >= 4 is 0 Å². The summed E-state index contributed by atoms with van der Waals surface area (Å²) in [5.41, 5.74) is 6.00. The van der Waals surface area contributed by atoms with Gasteiger partial charge in [0.25, 0.3) is 0 Å². The number of hydrogen-bond acceptors (Lipinski definition) is 2. The molecule has 0 heterocycles. The van der Waals surface area contributed by atoms with Crippen LogP contribution in [-0.2, 0) is 12.8 Å². The smallest absolute Gasteiger partial charge is 0.0846 e. The minimum absolute atomic E-state index is 0.0721. The second-order valence-corrected chi connectivity index (χ2v) is 5.91. The van der Waals surface area contributed by atoms with Crippen LogP contribution in [-0.4, -0.2) is 16.8 Å². The Bertz CT molecular complexity index is 447. The minimum atomic E-state index is -0.363. The molecule has 0 radical (unpaired) electrons. The van der Waals surface area contributed by atoms with Gasteiger partial charge >= 0.3 is 0 Å². The van der Waals surface area contributed by atoms with Crippen LogP contribution in [0.5, 0.6) is 0 Å². The fourth-order valence-electron chi connectivity index (χ4n) is 3.05. The zero-order valence-corrected chi connectivity index (χ0v) is 11.2. The van der Waals surface area contributed by atoms with Gasteiger partial charge in [0.15, 0.2) is 0 Å². The van der Waals surface area contributed by atoms with Crippen LogP contribution in [0.2, 0.25) is 0 Å². The van der Waals surface area contributed by atoms with Crippen LogP contribution in [0.3, 0.4) is 0 Å². The number of aryl methyl sites for hydroxylation is 1. The average Bonchev–Trinajstić information content (AvgIpc) is 2.47. The monoisotopic (exact) mass is 234 g/mol. The van der Waals surface area contributed by atoms with Gasteiger partial charge in [-0.3, -0.25) is 0 Å². The molecule has 94 valence electrons. The lowest BCUT2D eigenvalue weighted by Gasteiger charge is -2.22. The van der Waals surface area contributed by atoms with E-state index in [-0.39, 0.29) is 18.1 Å². The van der Waals surface area contributed by atoms with Crippen LogP contribution in [0.4, 0.5) is 0 Å². The van der Waals surface area contributed by atoms with E-state index in [1.165, 1.54) is 22.3 Å². The van der Waals surface area contributed by atoms with Crippen LogP contribution in [0.1, 0.15) is 47.8 Å². The van der Waals surface area contributed by atoms with Gasteiger partial charge in [0.2, 0.25) is 0 Å². The maximum absolute atomic E-state index is 10.3. The summed E-state index contributed by atoms with van der Waals surface area (Å²) in [7, 11) is 0. The number of hydrogen-bond donors (Lipinski definition) is 2. The molecule has 0 saturated carbocycles. The Morgan fingerprint density at radius 2 is 2.00 bits per heavy atom. The molecule has 2 N–H and O–H groups in total. The first-order chi connectivity index (χ1) is 7.88. The van der Waals surface area contributed by atoms with Gasteiger partial charge in [0, 0.05) is 6.61 Å². The molecule has 1 aliphatic carbocycles. The van der Waals surface area contributed by atoms with Gasteiger partial charge in [0.05, 0.1) is 6.10 Å². The van der Waals surface area contributed by atoms with E-state index in [0.717, 1.165) is 12.0 Å². The second-order valence-electron chi connectivity index (χ2n) is 5.91. The summed E-state index contributed by atoms with van der Waals surface area (Å²) in [6.45, 7) is 8.59. The lowest BCUT2D eigenvalue weighted by Crippen LogP contribution is -2.16. The maximum Gasteiger partial charge on any atom is 0.0846 e. The third-order valence-corrected chi connectivity index (χ3v) is 4.13. The molecule has 1 aromatic carbocycles. The molecule has 0 amide bonds. The molecular formula is C15H22O2. The topological polar surface area (TPSA) is 40.5 Å². The van der Waals surface area contributed by atoms with Gasteiger partial charge in [0.1, 0.15) is 0 Å². The molecule has 1 aliphatic rings. The first-order valence-corrected chi connectivity index (χ1v) is 6.29. The maximum atomic E-state index is 10.3. The van der Waals surface area contributed by atoms with Gasteiger partial charge in [-0.2, -0.15) is 0 Å². The molecule has 2 heteroatoms. The van der Waals surface area contributed by atoms with Crippen molar-refractivity contribution in [2.45, 2.75) is 46.6 Å². The zero-order chi connectivity index (χ0) is 12.8. The minimum Gasteiger partial charge on any atom is -0.396 e. The Balaban J connectivity index is 2.56. The van der Waals surface area contributed by atoms with Crippen LogP contribution < -0.4 is 0 Å². The van der Waals surface area contributed by atoms with E-state index in [4.69, 9.17) is 5.11 Å². The molecule has 0 spiro atoms. The molecule has 0 aromatic heterocycles. The summed E-state index contributed by atoms with van der Waals surface area (Å²) in [5.74, 6) is 0. The largest absolute Gasteiger partial charge is 0.396 e. The summed E-state index contributed by atoms with van der Waals surface area (Å²) in [6, 6.07) is 2.10. The van der Waals surface area contributed by atoms with Gasteiger partial charge < -0.3 is 10.2 Å². The van der Waals surface area contributed by atoms with Crippen molar-refractivity contribution in [3.63, 3.8) is 0 Å². The van der Waals surface area contributed by atoms with Gasteiger partial charge in [-0.05, 0) is 59.9 Å². The molecule has 0 fully saturated rings. The zero-order valence-electron chi connectivity index (χ0n) is 11.2. The number of rotatable bonds is 2. The van der Waals surface area contributed by atoms with Gasteiger partial charge in [-0.25, -0.2) is 0 Å². The summed E-state index contributed by atoms with van der Waals surface area (Å²) in [4.78, 5) is 0. The summed E-state index contributed by atoms with van der Waals surface area (Å²) < 4.78 is 0. The number of aliphatic hydroxyl groups is 2. The highest BCUT2D eigenvalue weighted by Crippen LogP contribution is 2.47. The first kappa shape index (κ1) is 12.6. The van der Waals surface area contributed by atoms with Crippen molar-refractivity contribution in [3.8, 4) is 0 Å². The molecule has 2 nitrogen and oxygen atoms in total. The number of fused-ring (bicyclic) bond motifs is 1. The molecule has 0 aliphatic heterocycles. The van der Waals surface area contributed by atoms with E-state index in [1.807, 2.05) is 0 Å². The lowest BCUT2D eigenvalue weighted by molar-refractivity contribution is 0.0665. The van der Waals surface area contributed by atoms with E-state index < -0.39 is 0 Å². The highest BCUT2D eigenvalue weighted by Gasteiger charge is 2.39. The molecule has 1 aromatic rings. The second kappa shape index (κ2) is 4.11. The Labute approximate surface area is 103 Å². The fraction of sp³-hybridized carbons (Fsp3) is 0.600. The first-order valence-electron chi connectivity index (χ1n) is 6.29. The van der Waals surface area contributed by atoms with Crippen LogP contribution in [0.15, 0.2) is 6.07 Å². The molecule has 0 bridgehead atoms. The lowest BCUT2D eigenvalue weighted by atomic mass is 9.87. The van der Waals surface area contributed by atoms with E-state index in [0.29, 0.717) is 6.42 Å². The van der Waals surface area contributed by atoms with E-state index >= 15 is 0 Å². The Morgan fingerprint density at radius 1 is 1.35 bits per heavy atom. The predicted molar refractivity (Wildman–Crippen MR) is 69.2 cm³/mol. The summed E-state index contributed by atoms with van der Waals surface area (Å²) in [5, 5.41) is 19.5. The van der Waals surface area contributed by atoms with E-state index in [2.05, 4.69) is 33.8 Å². The fourth-order valence-corrected chi connectivity index (χ4v) is 3.05. The molecule has 1 atom stereocenters. The molecule has 17 heavy (non-hydrogen) atoms. The highest BCUT2D eigenvalue weighted by atomic mass is 16.3. The van der Waals surface area contributed by atoms with Crippen LogP contribution in [0, 0.1) is 19.3 Å². The summed E-state index contributed by atoms with van der Waals surface area (Å²) >= 11 is 0. The van der Waals surface area contributed by atoms with Crippen molar-refractivity contribution in [2.24, 2.45) is 5.41 Å². The standard InChI is InChI=1S/C15H22O2/c1-9-7-12-13(8-15(3,4)14(12)17)10(2)11(9)5-6-16/h7,14,16-17H,5-6,8H2,1-4H3. The Morgan fingerprint density at radius 3 is 2.59 bits per heavy atom. The van der Waals surface area contributed by atoms with E-state index in [9.17, 15) is 5.11 Å². The van der Waals surface area contributed by atoms with E-state index in [1.54, 1.807) is 0 Å². The highest BCUT2D eigenvalue weighted by molar-refractivity contribution is 5.49. The van der Waals surface area contributed by atoms with Crippen molar-refractivity contribution in [2.75, 3.05) is 6.61 Å². The predicted octanol–water partition coefficient (Wildman–Crippen LogP) is 2.45. The normalized spacial score (nSPS) is 21.6.